The number of nitrogens with zero attached hydrogens (tertiary/aromatic N) is 3. The van der Waals surface area contributed by atoms with Gasteiger partial charge >= 0.3 is 0 Å². The lowest BCUT2D eigenvalue weighted by Gasteiger charge is -2.21. The van der Waals surface area contributed by atoms with Crippen LogP contribution in [-0.2, 0) is 17.8 Å². The molecule has 1 aromatic heterocycles. The van der Waals surface area contributed by atoms with E-state index < -0.39 is 11.6 Å². The van der Waals surface area contributed by atoms with Crippen molar-refractivity contribution < 1.29 is 13.6 Å². The van der Waals surface area contributed by atoms with E-state index in [1.54, 1.807) is 0 Å². The zero-order chi connectivity index (χ0) is 19.2. The Hall–Kier alpha value is -1.96. The van der Waals surface area contributed by atoms with Crippen LogP contribution in [0.3, 0.4) is 0 Å². The lowest BCUT2D eigenvalue weighted by molar-refractivity contribution is -0.113. The molecule has 1 heterocycles. The van der Waals surface area contributed by atoms with E-state index in [-0.39, 0.29) is 17.3 Å². The number of benzene rings is 1. The zero-order valence-corrected chi connectivity index (χ0v) is 16.2. The average molecular weight is 394 g/mol. The summed E-state index contributed by atoms with van der Waals surface area (Å²) in [6.45, 7) is 2.78. The number of amides is 1. The predicted molar refractivity (Wildman–Crippen MR) is 102 cm³/mol. The third-order valence-electron chi connectivity index (χ3n) is 4.84. The van der Waals surface area contributed by atoms with Crippen LogP contribution >= 0.6 is 11.8 Å². The molecule has 0 radical (unpaired) electrons. The molecule has 146 valence electrons. The first-order valence-electron chi connectivity index (χ1n) is 9.36. The average Bonchev–Trinajstić information content (AvgIpc) is 3.04. The molecule has 1 fully saturated rings. The molecular formula is C19H24F2N4OS. The Kier molecular flexibility index (Phi) is 6.82. The van der Waals surface area contributed by atoms with Crippen molar-refractivity contribution in [3.63, 3.8) is 0 Å². The fourth-order valence-corrected chi connectivity index (χ4v) is 4.27. The Balaban J connectivity index is 1.57. The van der Waals surface area contributed by atoms with Crippen molar-refractivity contribution in [3.05, 3.63) is 35.7 Å². The van der Waals surface area contributed by atoms with Gasteiger partial charge in [0.2, 0.25) is 5.91 Å². The highest BCUT2D eigenvalue weighted by molar-refractivity contribution is 7.99. The Morgan fingerprint density at radius 1 is 1.26 bits per heavy atom. The van der Waals surface area contributed by atoms with Crippen molar-refractivity contribution in [2.75, 3.05) is 11.1 Å². The molecular weight excluding hydrogens is 370 g/mol. The van der Waals surface area contributed by atoms with E-state index in [0.717, 1.165) is 30.9 Å². The van der Waals surface area contributed by atoms with Crippen LogP contribution in [0.15, 0.2) is 23.4 Å². The first-order chi connectivity index (χ1) is 13.1. The molecule has 1 aliphatic carbocycles. The van der Waals surface area contributed by atoms with Gasteiger partial charge in [-0.3, -0.25) is 4.79 Å². The highest BCUT2D eigenvalue weighted by Crippen LogP contribution is 2.27. The summed E-state index contributed by atoms with van der Waals surface area (Å²) in [7, 11) is 0. The Morgan fingerprint density at radius 2 is 2.04 bits per heavy atom. The molecule has 0 saturated heterocycles. The maximum Gasteiger partial charge on any atom is 0.234 e. The second-order valence-corrected chi connectivity index (χ2v) is 7.75. The van der Waals surface area contributed by atoms with Crippen molar-refractivity contribution in [2.24, 2.45) is 5.92 Å². The fourth-order valence-electron chi connectivity index (χ4n) is 3.45. The number of hydrogen-bond donors (Lipinski definition) is 1. The minimum Gasteiger partial charge on any atom is -0.323 e. The van der Waals surface area contributed by atoms with Crippen LogP contribution in [-0.4, -0.2) is 26.4 Å². The third-order valence-corrected chi connectivity index (χ3v) is 5.81. The number of carbonyl (C=O) groups is 1. The number of carbonyl (C=O) groups excluding carboxylic acids is 1. The molecule has 1 saturated carbocycles. The SMILES string of the molecule is CCn1c(CC2CCCCC2)nnc1SCC(=O)Nc1ccc(F)cc1F. The molecule has 0 atom stereocenters. The Morgan fingerprint density at radius 3 is 2.74 bits per heavy atom. The van der Waals surface area contributed by atoms with Crippen LogP contribution in [0.4, 0.5) is 14.5 Å². The van der Waals surface area contributed by atoms with E-state index in [0.29, 0.717) is 11.1 Å². The summed E-state index contributed by atoms with van der Waals surface area (Å²) in [5.41, 5.74) is -0.0306. The number of nitrogens with one attached hydrogen (secondary N) is 1. The summed E-state index contributed by atoms with van der Waals surface area (Å²) in [6, 6.07) is 3.06. The maximum atomic E-state index is 13.6. The molecule has 5 nitrogen and oxygen atoms in total. The molecule has 0 spiro atoms. The second-order valence-electron chi connectivity index (χ2n) is 6.81. The lowest BCUT2D eigenvalue weighted by Crippen LogP contribution is -2.16. The van der Waals surface area contributed by atoms with Gasteiger partial charge in [0.15, 0.2) is 5.16 Å². The molecule has 1 aromatic carbocycles. The van der Waals surface area contributed by atoms with Crippen LogP contribution in [0, 0.1) is 17.6 Å². The summed E-state index contributed by atoms with van der Waals surface area (Å²) in [4.78, 5) is 12.1. The summed E-state index contributed by atoms with van der Waals surface area (Å²) >= 11 is 1.27. The molecule has 27 heavy (non-hydrogen) atoms. The van der Waals surface area contributed by atoms with E-state index in [2.05, 4.69) is 15.5 Å². The van der Waals surface area contributed by atoms with Crippen LogP contribution in [0.5, 0.6) is 0 Å². The molecule has 1 N–H and O–H groups in total. The van der Waals surface area contributed by atoms with Gasteiger partial charge in [0.1, 0.15) is 17.5 Å². The number of aromatic nitrogens is 3. The smallest absolute Gasteiger partial charge is 0.234 e. The van der Waals surface area contributed by atoms with E-state index >= 15 is 0 Å². The zero-order valence-electron chi connectivity index (χ0n) is 15.4. The molecule has 0 unspecified atom stereocenters. The first kappa shape index (κ1) is 19.8. The number of thioether (sulfide) groups is 1. The predicted octanol–water partition coefficient (Wildman–Crippen LogP) is 4.43. The minimum atomic E-state index is -0.792. The summed E-state index contributed by atoms with van der Waals surface area (Å²) < 4.78 is 28.6. The van der Waals surface area contributed by atoms with Gasteiger partial charge in [-0.2, -0.15) is 0 Å². The summed E-state index contributed by atoms with van der Waals surface area (Å²) in [5, 5.41) is 11.7. The van der Waals surface area contributed by atoms with Crippen molar-refractivity contribution >= 4 is 23.4 Å². The standard InChI is InChI=1S/C19H24F2N4OS/c1-2-25-17(10-13-6-4-3-5-7-13)23-24-19(25)27-12-18(26)22-16-9-8-14(20)11-15(16)21/h8-9,11,13H,2-7,10,12H2,1H3,(H,22,26). The first-order valence-corrected chi connectivity index (χ1v) is 10.3. The van der Waals surface area contributed by atoms with E-state index in [9.17, 15) is 13.6 Å². The molecule has 1 aliphatic rings. The van der Waals surface area contributed by atoms with Gasteiger partial charge in [0.25, 0.3) is 0 Å². The molecule has 0 aliphatic heterocycles. The van der Waals surface area contributed by atoms with E-state index in [1.807, 2.05) is 11.5 Å². The molecule has 3 rings (SSSR count). The van der Waals surface area contributed by atoms with E-state index in [4.69, 9.17) is 0 Å². The van der Waals surface area contributed by atoms with Gasteiger partial charge in [-0.15, -0.1) is 10.2 Å². The van der Waals surface area contributed by atoms with Crippen molar-refractivity contribution in [3.8, 4) is 0 Å². The topological polar surface area (TPSA) is 59.8 Å². The minimum absolute atomic E-state index is 0.0306. The summed E-state index contributed by atoms with van der Waals surface area (Å²) in [5.74, 6) is -0.128. The number of anilines is 1. The Bertz CT molecular complexity index is 790. The summed E-state index contributed by atoms with van der Waals surface area (Å²) in [6.07, 6.45) is 7.30. The van der Waals surface area contributed by atoms with Crippen LogP contribution in [0.2, 0.25) is 0 Å². The Labute approximate surface area is 161 Å². The molecule has 0 bridgehead atoms. The number of hydrogen-bond acceptors (Lipinski definition) is 4. The second kappa shape index (κ2) is 9.30. The highest BCUT2D eigenvalue weighted by atomic mass is 32.2. The number of halogens is 2. The highest BCUT2D eigenvalue weighted by Gasteiger charge is 2.19. The lowest BCUT2D eigenvalue weighted by atomic mass is 9.87. The molecule has 8 heteroatoms. The van der Waals surface area contributed by atoms with Gasteiger partial charge in [-0.1, -0.05) is 43.9 Å². The normalized spacial score (nSPS) is 15.1. The van der Waals surface area contributed by atoms with Gasteiger partial charge in [-0.05, 0) is 25.0 Å². The van der Waals surface area contributed by atoms with Gasteiger partial charge in [0.05, 0.1) is 11.4 Å². The van der Waals surface area contributed by atoms with Crippen LogP contribution in [0.25, 0.3) is 0 Å². The third kappa shape index (κ3) is 5.28. The van der Waals surface area contributed by atoms with Crippen molar-refractivity contribution in [1.29, 1.82) is 0 Å². The molecule has 1 amide bonds. The number of rotatable bonds is 7. The van der Waals surface area contributed by atoms with Crippen LogP contribution < -0.4 is 5.32 Å². The molecule has 2 aromatic rings. The quantitative estimate of drug-likeness (QED) is 0.706. The van der Waals surface area contributed by atoms with E-state index in [1.165, 1.54) is 49.9 Å². The monoisotopic (exact) mass is 394 g/mol. The van der Waals surface area contributed by atoms with Gasteiger partial charge in [0, 0.05) is 19.0 Å². The van der Waals surface area contributed by atoms with Crippen molar-refractivity contribution in [2.45, 2.75) is 57.1 Å². The van der Waals surface area contributed by atoms with Crippen molar-refractivity contribution in [1.82, 2.24) is 14.8 Å². The van der Waals surface area contributed by atoms with Gasteiger partial charge in [-0.25, -0.2) is 8.78 Å². The fraction of sp³-hybridized carbons (Fsp3) is 0.526. The maximum absolute atomic E-state index is 13.6. The van der Waals surface area contributed by atoms with Crippen LogP contribution in [0.1, 0.15) is 44.9 Å². The largest absolute Gasteiger partial charge is 0.323 e. The van der Waals surface area contributed by atoms with Gasteiger partial charge < -0.3 is 9.88 Å².